The summed E-state index contributed by atoms with van der Waals surface area (Å²) < 4.78 is 3.20. The fraction of sp³-hybridized carbons (Fsp3) is 0.150. The molecule has 0 saturated carbocycles. The Kier molecular flexibility index (Phi) is 3.59. The molecule has 2 unspecified atom stereocenters. The van der Waals surface area contributed by atoms with Crippen molar-refractivity contribution in [3.8, 4) is 0 Å². The molecule has 0 aliphatic carbocycles. The Hall–Kier alpha value is -1.52. The fourth-order valence-electron chi connectivity index (χ4n) is 3.31. The number of hydrogen-bond acceptors (Lipinski definition) is 0. The van der Waals surface area contributed by atoms with Gasteiger partial charge in [0, 0.05) is 21.6 Å². The second-order valence-electron chi connectivity index (χ2n) is 5.86. The van der Waals surface area contributed by atoms with Gasteiger partial charge in [-0.3, -0.25) is 4.90 Å². The van der Waals surface area contributed by atoms with Gasteiger partial charge in [0.25, 0.3) is 0 Å². The largest absolute Gasteiger partial charge is 0.265 e. The van der Waals surface area contributed by atoms with Crippen molar-refractivity contribution in [3.05, 3.63) is 87.1 Å². The van der Waals surface area contributed by atoms with E-state index in [1.54, 1.807) is 7.20 Å². The predicted octanol–water partition coefficient (Wildman–Crippen LogP) is 3.92. The fourth-order valence-corrected chi connectivity index (χ4v) is 6.20. The van der Waals surface area contributed by atoms with E-state index in [1.165, 1.54) is 27.2 Å². The van der Waals surface area contributed by atoms with E-state index in [0.717, 1.165) is 0 Å². The molecule has 4 rings (SSSR count). The lowest BCUT2D eigenvalue weighted by Crippen LogP contribution is -3.10. The smallest absolute Gasteiger partial charge is 0.142 e. The van der Waals surface area contributed by atoms with Gasteiger partial charge in [0.2, 0.25) is 0 Å². The quantitative estimate of drug-likeness (QED) is 0.693. The second kappa shape index (κ2) is 5.60. The van der Waals surface area contributed by atoms with E-state index in [1.807, 2.05) is 0 Å². The SMILES string of the molecule is CC1=CC2c3ccccc3I=C(C)[NH+]2C=C1c1ccccc1. The first-order valence-electron chi connectivity index (χ1n) is 7.64. The van der Waals surface area contributed by atoms with Crippen LogP contribution in [-0.4, -0.2) is 3.63 Å². The highest BCUT2D eigenvalue weighted by Crippen LogP contribution is 2.32. The number of fused-ring (bicyclic) bond motifs is 3. The molecular formula is C20H19IN+. The summed E-state index contributed by atoms with van der Waals surface area (Å²) in [6.07, 6.45) is 4.91. The van der Waals surface area contributed by atoms with Gasteiger partial charge in [-0.1, -0.05) is 48.5 Å². The van der Waals surface area contributed by atoms with E-state index in [-0.39, 0.29) is 20.7 Å². The zero-order valence-corrected chi connectivity index (χ0v) is 15.0. The van der Waals surface area contributed by atoms with E-state index >= 15 is 0 Å². The van der Waals surface area contributed by atoms with E-state index in [2.05, 4.69) is 80.7 Å². The van der Waals surface area contributed by atoms with E-state index in [9.17, 15) is 0 Å². The highest BCUT2D eigenvalue weighted by Gasteiger charge is 2.33. The van der Waals surface area contributed by atoms with Crippen molar-refractivity contribution in [2.45, 2.75) is 19.9 Å². The Labute approximate surface area is 141 Å². The minimum Gasteiger partial charge on any atom is -0.265 e. The number of nitrogens with one attached hydrogen (secondary N) is 1. The molecule has 2 heteroatoms. The highest BCUT2D eigenvalue weighted by atomic mass is 127. The summed E-state index contributed by atoms with van der Waals surface area (Å²) in [5.74, 6) is 0. The van der Waals surface area contributed by atoms with Crippen LogP contribution in [0.3, 0.4) is 0 Å². The molecule has 1 nitrogen and oxygen atoms in total. The molecule has 0 fully saturated rings. The van der Waals surface area contributed by atoms with Crippen molar-refractivity contribution in [1.29, 1.82) is 0 Å². The lowest BCUT2D eigenvalue weighted by atomic mass is 9.92. The average molecular weight is 400 g/mol. The summed E-state index contributed by atoms with van der Waals surface area (Å²) in [6, 6.07) is 20.2. The molecular weight excluding hydrogens is 381 g/mol. The third-order valence-electron chi connectivity index (χ3n) is 4.44. The Morgan fingerprint density at radius 1 is 0.909 bits per heavy atom. The maximum absolute atomic E-state index is 2.46. The van der Waals surface area contributed by atoms with Gasteiger partial charge >= 0.3 is 0 Å². The Bertz CT molecular complexity index is 815. The first-order chi connectivity index (χ1) is 10.7. The predicted molar refractivity (Wildman–Crippen MR) is 102 cm³/mol. The number of halogens is 1. The van der Waals surface area contributed by atoms with Crippen molar-refractivity contribution in [2.24, 2.45) is 0 Å². The molecule has 2 aromatic rings. The standard InChI is InChI=1S/C20H18IN/c1-14-12-20-17-10-6-7-11-19(17)21-15(2)22(20)13-18(14)16-8-4-3-5-9-16/h3-13,20H,1-2H3/p+1. The molecule has 2 aliphatic rings. The molecule has 0 bridgehead atoms. The molecule has 0 spiro atoms. The topological polar surface area (TPSA) is 4.44 Å². The minimum atomic E-state index is -0.0121. The Balaban J connectivity index is 1.84. The number of quaternary nitrogens is 1. The normalized spacial score (nSPS) is 23.3. The van der Waals surface area contributed by atoms with Crippen LogP contribution in [0, 0.1) is 3.57 Å². The van der Waals surface area contributed by atoms with Crippen molar-refractivity contribution in [2.75, 3.05) is 0 Å². The first kappa shape index (κ1) is 14.1. The summed E-state index contributed by atoms with van der Waals surface area (Å²) in [5, 5.41) is 0. The van der Waals surface area contributed by atoms with Gasteiger partial charge in [-0.25, -0.2) is 0 Å². The van der Waals surface area contributed by atoms with Gasteiger partial charge in [0.1, 0.15) is 15.9 Å². The maximum atomic E-state index is 2.46. The Morgan fingerprint density at radius 2 is 1.64 bits per heavy atom. The monoisotopic (exact) mass is 400 g/mol. The van der Waals surface area contributed by atoms with Crippen molar-refractivity contribution in [3.63, 3.8) is 0 Å². The van der Waals surface area contributed by atoms with Gasteiger partial charge in [0.15, 0.2) is 0 Å². The van der Waals surface area contributed by atoms with Gasteiger partial charge in [-0.2, -0.15) is 0 Å². The molecule has 2 heterocycles. The van der Waals surface area contributed by atoms with Crippen molar-refractivity contribution in [1.82, 2.24) is 0 Å². The Morgan fingerprint density at radius 3 is 2.45 bits per heavy atom. The molecule has 110 valence electrons. The third-order valence-corrected chi connectivity index (χ3v) is 7.44. The van der Waals surface area contributed by atoms with Crippen LogP contribution in [0.25, 0.3) is 5.57 Å². The number of benzene rings is 2. The van der Waals surface area contributed by atoms with Gasteiger partial charge in [-0.15, -0.1) is 0 Å². The molecule has 0 amide bonds. The van der Waals surface area contributed by atoms with Crippen molar-refractivity contribution < 1.29 is 4.90 Å². The van der Waals surface area contributed by atoms with Crippen LogP contribution in [0.15, 0.2) is 72.4 Å². The molecule has 0 radical (unpaired) electrons. The summed E-state index contributed by atoms with van der Waals surface area (Å²) in [7, 11) is 0. The number of hydrogen-bond donors (Lipinski definition) is 1. The van der Waals surface area contributed by atoms with Crippen LogP contribution in [0.1, 0.15) is 31.0 Å². The molecule has 0 saturated heterocycles. The zero-order valence-electron chi connectivity index (χ0n) is 12.8. The zero-order chi connectivity index (χ0) is 15.1. The van der Waals surface area contributed by atoms with Crippen LogP contribution in [0.5, 0.6) is 0 Å². The molecule has 2 atom stereocenters. The van der Waals surface area contributed by atoms with Crippen LogP contribution >= 0.6 is 20.7 Å². The lowest BCUT2D eigenvalue weighted by Gasteiger charge is -2.32. The summed E-state index contributed by atoms with van der Waals surface area (Å²) >= 11 is -0.0121. The van der Waals surface area contributed by atoms with E-state index < -0.39 is 0 Å². The van der Waals surface area contributed by atoms with E-state index in [4.69, 9.17) is 0 Å². The number of rotatable bonds is 1. The van der Waals surface area contributed by atoms with Crippen LogP contribution in [0.2, 0.25) is 0 Å². The molecule has 2 aliphatic heterocycles. The van der Waals surface area contributed by atoms with Gasteiger partial charge < -0.3 is 0 Å². The van der Waals surface area contributed by atoms with Crippen LogP contribution in [0.4, 0.5) is 0 Å². The molecule has 22 heavy (non-hydrogen) atoms. The van der Waals surface area contributed by atoms with Crippen LogP contribution < -0.4 is 4.90 Å². The molecule has 0 aromatic heterocycles. The average Bonchev–Trinajstić information content (AvgIpc) is 2.55. The summed E-state index contributed by atoms with van der Waals surface area (Å²) in [4.78, 5) is 1.54. The van der Waals surface area contributed by atoms with Gasteiger partial charge in [0.05, 0.1) is 0 Å². The first-order valence-corrected chi connectivity index (χ1v) is 9.80. The molecule has 2 aromatic carbocycles. The second-order valence-corrected chi connectivity index (χ2v) is 9.18. The molecule has 1 N–H and O–H groups in total. The highest BCUT2D eigenvalue weighted by molar-refractivity contribution is 14.2. The van der Waals surface area contributed by atoms with Crippen molar-refractivity contribution >= 4 is 29.9 Å². The summed E-state index contributed by atoms with van der Waals surface area (Å²) in [5.41, 5.74) is 5.63. The maximum Gasteiger partial charge on any atom is 0.142 e. The third kappa shape index (κ3) is 2.31. The van der Waals surface area contributed by atoms with E-state index in [0.29, 0.717) is 6.04 Å². The minimum absolute atomic E-state index is 0.0121. The van der Waals surface area contributed by atoms with Gasteiger partial charge in [-0.05, 0) is 50.9 Å². The lowest BCUT2D eigenvalue weighted by molar-refractivity contribution is -0.774. The number of allylic oxidation sites excluding steroid dienone is 2. The van der Waals surface area contributed by atoms with Crippen LogP contribution in [-0.2, 0) is 0 Å². The summed E-state index contributed by atoms with van der Waals surface area (Å²) in [6.45, 7) is 4.58.